The summed E-state index contributed by atoms with van der Waals surface area (Å²) in [6, 6.07) is 1.16. The average Bonchev–Trinajstić information content (AvgIpc) is 2.05. The van der Waals surface area contributed by atoms with Gasteiger partial charge >= 0.3 is 0 Å². The second-order valence-corrected chi connectivity index (χ2v) is 2.35. The number of pyridine rings is 1. The summed E-state index contributed by atoms with van der Waals surface area (Å²) in [7, 11) is 0. The van der Waals surface area contributed by atoms with Crippen LogP contribution < -0.4 is 5.73 Å². The van der Waals surface area contributed by atoms with Gasteiger partial charge in [0.1, 0.15) is 5.82 Å². The van der Waals surface area contributed by atoms with Gasteiger partial charge in [0.25, 0.3) is 0 Å². The maximum atomic E-state index is 12.5. The highest BCUT2D eigenvalue weighted by atomic mass is 19.1. The fourth-order valence-corrected chi connectivity index (χ4v) is 0.840. The molecular formula is C8H9FN2O. The molecule has 0 bridgehead atoms. The minimum Gasteiger partial charge on any atom is -0.330 e. The van der Waals surface area contributed by atoms with Crippen molar-refractivity contribution in [1.29, 1.82) is 0 Å². The lowest BCUT2D eigenvalue weighted by atomic mass is 10.1. The molecule has 0 unspecified atom stereocenters. The van der Waals surface area contributed by atoms with Gasteiger partial charge in [0.15, 0.2) is 5.78 Å². The molecule has 0 fully saturated rings. The van der Waals surface area contributed by atoms with Crippen molar-refractivity contribution >= 4 is 5.78 Å². The normalized spacial score (nSPS) is 9.83. The molecule has 0 atom stereocenters. The molecule has 3 nitrogen and oxygen atoms in total. The van der Waals surface area contributed by atoms with E-state index in [9.17, 15) is 9.18 Å². The highest BCUT2D eigenvalue weighted by Gasteiger charge is 2.05. The Hall–Kier alpha value is -1.29. The topological polar surface area (TPSA) is 56.0 Å². The first-order chi connectivity index (χ1) is 5.74. The Morgan fingerprint density at radius 3 is 2.92 bits per heavy atom. The van der Waals surface area contributed by atoms with E-state index in [4.69, 9.17) is 5.73 Å². The Bertz CT molecular complexity index is 288. The molecule has 0 spiro atoms. The molecule has 1 rings (SSSR count). The van der Waals surface area contributed by atoms with Crippen LogP contribution >= 0.6 is 0 Å². The number of ketones is 1. The van der Waals surface area contributed by atoms with Gasteiger partial charge in [-0.3, -0.25) is 9.78 Å². The van der Waals surface area contributed by atoms with Crippen LogP contribution in [0, 0.1) is 5.82 Å². The lowest BCUT2D eigenvalue weighted by molar-refractivity contribution is 0.0984. The fraction of sp³-hybridized carbons (Fsp3) is 0.250. The summed E-state index contributed by atoms with van der Waals surface area (Å²) < 4.78 is 12.5. The van der Waals surface area contributed by atoms with Gasteiger partial charge in [-0.2, -0.15) is 0 Å². The van der Waals surface area contributed by atoms with Crippen LogP contribution in [0.4, 0.5) is 4.39 Å². The highest BCUT2D eigenvalue weighted by Crippen LogP contribution is 2.03. The molecule has 0 aliphatic heterocycles. The van der Waals surface area contributed by atoms with E-state index < -0.39 is 5.82 Å². The minimum atomic E-state index is -0.502. The van der Waals surface area contributed by atoms with Gasteiger partial charge in [0.2, 0.25) is 0 Å². The first-order valence-corrected chi connectivity index (χ1v) is 3.58. The van der Waals surface area contributed by atoms with Gasteiger partial charge in [-0.15, -0.1) is 0 Å². The second-order valence-electron chi connectivity index (χ2n) is 2.35. The quantitative estimate of drug-likeness (QED) is 0.677. The molecule has 0 aliphatic rings. The molecule has 4 heteroatoms. The predicted molar refractivity (Wildman–Crippen MR) is 42.2 cm³/mol. The summed E-state index contributed by atoms with van der Waals surface area (Å²) in [5, 5.41) is 0. The van der Waals surface area contributed by atoms with Crippen LogP contribution in [-0.4, -0.2) is 17.3 Å². The van der Waals surface area contributed by atoms with Gasteiger partial charge in [-0.05, 0) is 12.6 Å². The molecule has 0 aromatic carbocycles. The second kappa shape index (κ2) is 3.92. The lowest BCUT2D eigenvalue weighted by Gasteiger charge is -1.97. The molecule has 0 saturated heterocycles. The van der Waals surface area contributed by atoms with Gasteiger partial charge in [-0.1, -0.05) is 0 Å². The third kappa shape index (κ3) is 2.10. The molecule has 12 heavy (non-hydrogen) atoms. The standard InChI is InChI=1S/C8H9FN2O/c9-7-3-6(4-11-5-7)8(12)1-2-10/h3-5H,1-2,10H2. The van der Waals surface area contributed by atoms with E-state index in [2.05, 4.69) is 4.98 Å². The molecule has 1 aromatic rings. The zero-order valence-electron chi connectivity index (χ0n) is 6.46. The number of Topliss-reactive ketones (excluding diaryl/α,β-unsaturated/α-hetero) is 1. The summed E-state index contributed by atoms with van der Waals surface area (Å²) in [6.45, 7) is 0.273. The van der Waals surface area contributed by atoms with Crippen molar-refractivity contribution in [3.05, 3.63) is 29.8 Å². The first kappa shape index (κ1) is 8.80. The maximum Gasteiger partial charge on any atom is 0.165 e. The summed E-state index contributed by atoms with van der Waals surface area (Å²) in [5.41, 5.74) is 5.45. The van der Waals surface area contributed by atoms with E-state index in [1.165, 1.54) is 6.20 Å². The monoisotopic (exact) mass is 168 g/mol. The first-order valence-electron chi connectivity index (χ1n) is 3.58. The Kier molecular flexibility index (Phi) is 2.88. The number of nitrogens with two attached hydrogens (primary N) is 1. The van der Waals surface area contributed by atoms with Crippen LogP contribution in [0.15, 0.2) is 18.5 Å². The summed E-state index contributed by atoms with van der Waals surface area (Å²) >= 11 is 0. The van der Waals surface area contributed by atoms with Crippen LogP contribution in [0.2, 0.25) is 0 Å². The number of carbonyl (C=O) groups excluding carboxylic acids is 1. The Labute approximate surface area is 69.4 Å². The fourth-order valence-electron chi connectivity index (χ4n) is 0.840. The van der Waals surface area contributed by atoms with Crippen molar-refractivity contribution in [2.24, 2.45) is 5.73 Å². The molecule has 0 amide bonds. The predicted octanol–water partition coefficient (Wildman–Crippen LogP) is 0.752. The van der Waals surface area contributed by atoms with Gasteiger partial charge in [0.05, 0.1) is 6.20 Å². The number of carbonyl (C=O) groups is 1. The van der Waals surface area contributed by atoms with Crippen LogP contribution in [-0.2, 0) is 0 Å². The molecule has 0 saturated carbocycles. The number of aromatic nitrogens is 1. The van der Waals surface area contributed by atoms with Crippen LogP contribution in [0.25, 0.3) is 0 Å². The van der Waals surface area contributed by atoms with E-state index in [1.807, 2.05) is 0 Å². The van der Waals surface area contributed by atoms with E-state index in [0.717, 1.165) is 12.3 Å². The molecule has 64 valence electrons. The van der Waals surface area contributed by atoms with E-state index >= 15 is 0 Å². The average molecular weight is 168 g/mol. The largest absolute Gasteiger partial charge is 0.330 e. The maximum absolute atomic E-state index is 12.5. The van der Waals surface area contributed by atoms with E-state index in [0.29, 0.717) is 0 Å². The molecule has 1 aromatic heterocycles. The molecule has 1 heterocycles. The van der Waals surface area contributed by atoms with Crippen molar-refractivity contribution in [3.63, 3.8) is 0 Å². The van der Waals surface area contributed by atoms with Gasteiger partial charge in [0, 0.05) is 18.2 Å². The van der Waals surface area contributed by atoms with E-state index in [-0.39, 0.29) is 24.3 Å². The number of rotatable bonds is 3. The molecule has 2 N–H and O–H groups in total. The molecular weight excluding hydrogens is 159 g/mol. The van der Waals surface area contributed by atoms with Gasteiger partial charge < -0.3 is 5.73 Å². The Morgan fingerprint density at radius 2 is 2.33 bits per heavy atom. The Morgan fingerprint density at radius 1 is 1.58 bits per heavy atom. The zero-order valence-corrected chi connectivity index (χ0v) is 6.46. The van der Waals surface area contributed by atoms with Crippen molar-refractivity contribution in [1.82, 2.24) is 4.98 Å². The number of halogens is 1. The van der Waals surface area contributed by atoms with Gasteiger partial charge in [-0.25, -0.2) is 4.39 Å². The number of hydrogen-bond donors (Lipinski definition) is 1. The molecule has 0 radical (unpaired) electrons. The number of hydrogen-bond acceptors (Lipinski definition) is 3. The van der Waals surface area contributed by atoms with Crippen molar-refractivity contribution < 1.29 is 9.18 Å². The highest BCUT2D eigenvalue weighted by molar-refractivity contribution is 5.95. The lowest BCUT2D eigenvalue weighted by Crippen LogP contribution is -2.08. The van der Waals surface area contributed by atoms with Crippen molar-refractivity contribution in [2.45, 2.75) is 6.42 Å². The summed E-state index contributed by atoms with van der Waals surface area (Å²) in [4.78, 5) is 14.7. The summed E-state index contributed by atoms with van der Waals surface area (Å²) in [5.74, 6) is -0.678. The SMILES string of the molecule is NCCC(=O)c1cncc(F)c1. The smallest absolute Gasteiger partial charge is 0.165 e. The zero-order chi connectivity index (χ0) is 8.97. The summed E-state index contributed by atoms with van der Waals surface area (Å²) in [6.07, 6.45) is 2.62. The Balaban J connectivity index is 2.81. The van der Waals surface area contributed by atoms with Crippen LogP contribution in [0.5, 0.6) is 0 Å². The molecule has 0 aliphatic carbocycles. The van der Waals surface area contributed by atoms with Crippen molar-refractivity contribution in [2.75, 3.05) is 6.54 Å². The minimum absolute atomic E-state index is 0.176. The van der Waals surface area contributed by atoms with Crippen LogP contribution in [0.1, 0.15) is 16.8 Å². The number of nitrogens with zero attached hydrogens (tertiary/aromatic N) is 1. The third-order valence-electron chi connectivity index (χ3n) is 1.40. The van der Waals surface area contributed by atoms with Crippen molar-refractivity contribution in [3.8, 4) is 0 Å². The van der Waals surface area contributed by atoms with Crippen LogP contribution in [0.3, 0.4) is 0 Å². The van der Waals surface area contributed by atoms with E-state index in [1.54, 1.807) is 0 Å². The third-order valence-corrected chi connectivity index (χ3v) is 1.40.